The number of aliphatic imine (C=N–C) groups is 2. The molecule has 6 rings (SSSR count). The van der Waals surface area contributed by atoms with Crippen molar-refractivity contribution in [3.8, 4) is 22.5 Å². The molecule has 0 bridgehead atoms. The maximum atomic E-state index is 12.1. The summed E-state index contributed by atoms with van der Waals surface area (Å²) < 4.78 is 0. The Morgan fingerprint density at radius 2 is 1.02 bits per heavy atom. The van der Waals surface area contributed by atoms with Gasteiger partial charge in [0.05, 0.1) is 51.0 Å². The van der Waals surface area contributed by atoms with Gasteiger partial charge in [-0.05, 0) is 111 Å². The van der Waals surface area contributed by atoms with Crippen LogP contribution in [0.3, 0.4) is 0 Å². The first kappa shape index (κ1) is 51.1. The van der Waals surface area contributed by atoms with Gasteiger partial charge in [0.25, 0.3) is 5.91 Å². The highest BCUT2D eigenvalue weighted by Gasteiger charge is 2.13. The Morgan fingerprint density at radius 1 is 0.629 bits per heavy atom. The molecular weight excluding hydrogens is 902 g/mol. The third-order valence-electron chi connectivity index (χ3n) is 10.1. The third kappa shape index (κ3) is 13.9. The zero-order valence-corrected chi connectivity index (χ0v) is 41.3. The van der Waals surface area contributed by atoms with E-state index in [-0.39, 0.29) is 40.9 Å². The summed E-state index contributed by atoms with van der Waals surface area (Å²) in [5.41, 5.74) is 14.0. The Labute approximate surface area is 391 Å². The van der Waals surface area contributed by atoms with Crippen molar-refractivity contribution in [3.63, 3.8) is 0 Å². The Bertz CT molecular complexity index is 2480. The van der Waals surface area contributed by atoms with E-state index in [4.69, 9.17) is 15.1 Å². The Balaban J connectivity index is 0.000000321. The number of carboxylic acids is 1. The van der Waals surface area contributed by atoms with Crippen LogP contribution in [0.25, 0.3) is 22.5 Å². The number of benzene rings is 4. The van der Waals surface area contributed by atoms with Crippen LogP contribution in [0, 0.1) is 27.7 Å². The number of thiazole rings is 2. The van der Waals surface area contributed by atoms with Gasteiger partial charge in [0.2, 0.25) is 0 Å². The van der Waals surface area contributed by atoms with Crippen LogP contribution in [0.15, 0.2) is 93.5 Å². The van der Waals surface area contributed by atoms with Crippen molar-refractivity contribution in [2.75, 3.05) is 41.3 Å². The number of rotatable bonds is 14. The number of halogens is 2. The average molecular weight is 960 g/mol. The SMILES string of the molecule is Br.CCN(C)C=Nc1cc(C)c(Cc2nc(-c3ccc(C(=O)N(C)C)cc3)cs2)cc1C.CCN(C)C=Nc1cc(C)c(Cc2nc(-c3ccc(C(=O)O)cc3)cs2)cc1C.Cl. The lowest BCUT2D eigenvalue weighted by molar-refractivity contribution is 0.0696. The molecule has 0 atom stereocenters. The smallest absolute Gasteiger partial charge is 0.335 e. The number of amides is 1. The quantitative estimate of drug-likeness (QED) is 0.0854. The number of nitrogens with zero attached hydrogens (tertiary/aromatic N) is 7. The predicted molar refractivity (Wildman–Crippen MR) is 268 cm³/mol. The van der Waals surface area contributed by atoms with E-state index < -0.39 is 5.97 Å². The number of aromatic nitrogens is 2. The molecule has 0 saturated heterocycles. The average Bonchev–Trinajstić information content (AvgIpc) is 3.92. The molecule has 1 N–H and O–H groups in total. The van der Waals surface area contributed by atoms with Crippen LogP contribution in [0.5, 0.6) is 0 Å². The molecule has 2 aromatic heterocycles. The van der Waals surface area contributed by atoms with Gasteiger partial charge in [0.1, 0.15) is 0 Å². The van der Waals surface area contributed by atoms with Crippen molar-refractivity contribution >= 4 is 88.0 Å². The molecule has 2 heterocycles. The molecule has 6 aromatic rings. The minimum absolute atomic E-state index is 0. The summed E-state index contributed by atoms with van der Waals surface area (Å²) in [6, 6.07) is 23.2. The van der Waals surface area contributed by atoms with Crippen molar-refractivity contribution in [1.29, 1.82) is 0 Å². The Kier molecular flexibility index (Phi) is 19.7. The monoisotopic (exact) mass is 957 g/mol. The lowest BCUT2D eigenvalue weighted by Crippen LogP contribution is -2.21. The van der Waals surface area contributed by atoms with Gasteiger partial charge in [-0.3, -0.25) is 4.79 Å². The molecular formula is C48H57BrClN7O3S2. The van der Waals surface area contributed by atoms with E-state index in [0.29, 0.717) is 5.56 Å². The topological polar surface area (TPSA) is 115 Å². The summed E-state index contributed by atoms with van der Waals surface area (Å²) in [4.78, 5) is 47.6. The van der Waals surface area contributed by atoms with E-state index in [2.05, 4.69) is 86.1 Å². The molecule has 10 nitrogen and oxygen atoms in total. The van der Waals surface area contributed by atoms with Gasteiger partial charge in [-0.15, -0.1) is 52.1 Å². The molecule has 0 saturated carbocycles. The van der Waals surface area contributed by atoms with E-state index in [1.807, 2.05) is 61.3 Å². The van der Waals surface area contributed by atoms with Crippen molar-refractivity contribution in [2.45, 2.75) is 54.4 Å². The summed E-state index contributed by atoms with van der Waals surface area (Å²) in [5.74, 6) is -0.916. The highest BCUT2D eigenvalue weighted by atomic mass is 79.9. The molecule has 0 aliphatic heterocycles. The fraction of sp³-hybridized carbons (Fsp3) is 0.292. The van der Waals surface area contributed by atoms with Gasteiger partial charge in [-0.25, -0.2) is 24.7 Å². The molecule has 1 amide bonds. The number of hydrogen-bond donors (Lipinski definition) is 1. The van der Waals surface area contributed by atoms with Crippen molar-refractivity contribution < 1.29 is 14.7 Å². The highest BCUT2D eigenvalue weighted by Crippen LogP contribution is 2.30. The third-order valence-corrected chi connectivity index (χ3v) is 11.8. The summed E-state index contributed by atoms with van der Waals surface area (Å²) >= 11 is 3.29. The number of carbonyl (C=O) groups excluding carboxylic acids is 1. The second-order valence-corrected chi connectivity index (χ2v) is 16.9. The van der Waals surface area contributed by atoms with Crippen molar-refractivity contribution in [1.82, 2.24) is 24.7 Å². The van der Waals surface area contributed by atoms with Crippen LogP contribution >= 0.6 is 52.1 Å². The first-order chi connectivity index (χ1) is 28.6. The van der Waals surface area contributed by atoms with Crippen LogP contribution in [0.4, 0.5) is 11.4 Å². The van der Waals surface area contributed by atoms with Crippen LogP contribution in [0.1, 0.15) is 78.0 Å². The van der Waals surface area contributed by atoms with Gasteiger partial charge in [0.15, 0.2) is 0 Å². The molecule has 0 fully saturated rings. The fourth-order valence-corrected chi connectivity index (χ4v) is 7.72. The normalized spacial score (nSPS) is 10.8. The molecule has 0 radical (unpaired) electrons. The van der Waals surface area contributed by atoms with Gasteiger partial charge < -0.3 is 19.8 Å². The minimum atomic E-state index is -0.921. The molecule has 0 unspecified atom stereocenters. The van der Waals surface area contributed by atoms with Gasteiger partial charge in [-0.1, -0.05) is 36.4 Å². The zero-order chi connectivity index (χ0) is 43.5. The number of aryl methyl sites for hydroxylation is 4. The summed E-state index contributed by atoms with van der Waals surface area (Å²) in [6.07, 6.45) is 5.31. The molecule has 4 aromatic carbocycles. The fourth-order valence-electron chi connectivity index (χ4n) is 6.07. The minimum Gasteiger partial charge on any atom is -0.478 e. The van der Waals surface area contributed by atoms with E-state index in [1.54, 1.807) is 65.9 Å². The molecule has 0 aliphatic carbocycles. The summed E-state index contributed by atoms with van der Waals surface area (Å²) in [7, 11) is 7.55. The summed E-state index contributed by atoms with van der Waals surface area (Å²) in [6.45, 7) is 14.5. The summed E-state index contributed by atoms with van der Waals surface area (Å²) in [5, 5.41) is 15.2. The molecule has 0 aliphatic rings. The first-order valence-corrected chi connectivity index (χ1v) is 21.6. The second-order valence-electron chi connectivity index (χ2n) is 15.0. The van der Waals surface area contributed by atoms with E-state index in [9.17, 15) is 9.59 Å². The van der Waals surface area contributed by atoms with E-state index in [0.717, 1.165) is 75.4 Å². The number of hydrogen-bond acceptors (Lipinski definition) is 8. The van der Waals surface area contributed by atoms with Crippen LogP contribution in [0.2, 0.25) is 0 Å². The molecule has 328 valence electrons. The standard InChI is InChI=1S/C25H30N4OS.C23H25N3O2S.BrH.ClH/c1-7-29(6)16-26-22-13-17(2)21(12-18(22)3)14-24-27-23(15-31-24)19-8-10-20(11-9-19)25(30)28(4)5;1-5-26(4)14-24-20-11-15(2)19(10-16(20)3)12-22-25-21(13-29-22)17-6-8-18(9-7-17)23(27)28;;/h8-13,15-16H,7,14H2,1-6H3;6-11,13-14H,5,12H2,1-4H3,(H,27,28);2*1H. The van der Waals surface area contributed by atoms with Crippen LogP contribution in [-0.2, 0) is 12.8 Å². The largest absolute Gasteiger partial charge is 0.478 e. The number of aromatic carboxylic acids is 1. The Morgan fingerprint density at radius 3 is 1.37 bits per heavy atom. The van der Waals surface area contributed by atoms with Gasteiger partial charge in [-0.2, -0.15) is 0 Å². The number of carbonyl (C=O) groups is 2. The van der Waals surface area contributed by atoms with Crippen molar-refractivity contribution in [2.24, 2.45) is 9.98 Å². The lowest BCUT2D eigenvalue weighted by atomic mass is 10.0. The molecule has 62 heavy (non-hydrogen) atoms. The maximum Gasteiger partial charge on any atom is 0.335 e. The van der Waals surface area contributed by atoms with Crippen molar-refractivity contribution in [3.05, 3.63) is 138 Å². The van der Waals surface area contributed by atoms with E-state index in [1.165, 1.54) is 27.8 Å². The Hall–Kier alpha value is -5.21. The predicted octanol–water partition coefficient (Wildman–Crippen LogP) is 11.7. The van der Waals surface area contributed by atoms with E-state index >= 15 is 0 Å². The first-order valence-electron chi connectivity index (χ1n) is 19.9. The highest BCUT2D eigenvalue weighted by molar-refractivity contribution is 8.93. The lowest BCUT2D eigenvalue weighted by Gasteiger charge is -2.11. The maximum absolute atomic E-state index is 12.1. The second kappa shape index (κ2) is 23.9. The number of carboxylic acid groups (broad SMARTS) is 1. The van der Waals surface area contributed by atoms with Gasteiger partial charge >= 0.3 is 5.97 Å². The molecule has 0 spiro atoms. The van der Waals surface area contributed by atoms with Crippen LogP contribution < -0.4 is 0 Å². The zero-order valence-electron chi connectivity index (χ0n) is 37.1. The van der Waals surface area contributed by atoms with Crippen LogP contribution in [-0.4, -0.2) is 95.6 Å². The van der Waals surface area contributed by atoms with Gasteiger partial charge in [0, 0.05) is 81.6 Å². The molecule has 14 heteroatoms.